The average Bonchev–Trinajstić information content (AvgIpc) is 2.41. The standard InChI is InChI=1S/C17H20FNO/c1-12(2)20-17-7-5-4-6-14(17)15-10-13(11-19-3)8-9-16(15)18/h4-10,12,19H,11H2,1-3H3. The Balaban J connectivity index is 2.47. The van der Waals surface area contributed by atoms with Gasteiger partial charge in [0.05, 0.1) is 6.10 Å². The van der Waals surface area contributed by atoms with Crippen LogP contribution in [0.2, 0.25) is 0 Å². The Morgan fingerprint density at radius 3 is 2.55 bits per heavy atom. The summed E-state index contributed by atoms with van der Waals surface area (Å²) in [6, 6.07) is 12.7. The molecule has 3 heteroatoms. The summed E-state index contributed by atoms with van der Waals surface area (Å²) in [6.45, 7) is 4.63. The van der Waals surface area contributed by atoms with Gasteiger partial charge in [-0.05, 0) is 44.7 Å². The second kappa shape index (κ2) is 6.53. The van der Waals surface area contributed by atoms with Gasteiger partial charge in [0.1, 0.15) is 11.6 Å². The molecule has 0 aromatic heterocycles. The molecule has 2 aromatic carbocycles. The zero-order valence-corrected chi connectivity index (χ0v) is 12.1. The van der Waals surface area contributed by atoms with Crippen molar-refractivity contribution in [1.82, 2.24) is 5.32 Å². The van der Waals surface area contributed by atoms with E-state index >= 15 is 0 Å². The first-order valence-corrected chi connectivity index (χ1v) is 6.81. The molecule has 20 heavy (non-hydrogen) atoms. The Hall–Kier alpha value is -1.87. The molecular weight excluding hydrogens is 253 g/mol. The van der Waals surface area contributed by atoms with Gasteiger partial charge in [0.2, 0.25) is 0 Å². The van der Waals surface area contributed by atoms with Crippen LogP contribution in [0.25, 0.3) is 11.1 Å². The number of para-hydroxylation sites is 1. The highest BCUT2D eigenvalue weighted by Gasteiger charge is 2.12. The van der Waals surface area contributed by atoms with Crippen molar-refractivity contribution in [3.63, 3.8) is 0 Å². The zero-order chi connectivity index (χ0) is 14.5. The second-order valence-electron chi connectivity index (χ2n) is 5.01. The molecule has 0 aliphatic rings. The largest absolute Gasteiger partial charge is 0.490 e. The van der Waals surface area contributed by atoms with Crippen molar-refractivity contribution in [3.05, 3.63) is 53.8 Å². The molecule has 0 heterocycles. The van der Waals surface area contributed by atoms with E-state index < -0.39 is 0 Å². The lowest BCUT2D eigenvalue weighted by Gasteiger charge is -2.15. The fourth-order valence-corrected chi connectivity index (χ4v) is 2.14. The van der Waals surface area contributed by atoms with Crippen LogP contribution in [0, 0.1) is 5.82 Å². The normalized spacial score (nSPS) is 10.8. The van der Waals surface area contributed by atoms with Crippen molar-refractivity contribution in [2.75, 3.05) is 7.05 Å². The topological polar surface area (TPSA) is 21.3 Å². The van der Waals surface area contributed by atoms with Crippen molar-refractivity contribution < 1.29 is 9.13 Å². The molecule has 0 aliphatic carbocycles. The average molecular weight is 273 g/mol. The van der Waals surface area contributed by atoms with Gasteiger partial charge in [0.25, 0.3) is 0 Å². The Kier molecular flexibility index (Phi) is 4.74. The molecule has 0 unspecified atom stereocenters. The van der Waals surface area contributed by atoms with E-state index in [1.165, 1.54) is 6.07 Å². The molecule has 0 atom stereocenters. The third-order valence-corrected chi connectivity index (χ3v) is 2.95. The lowest BCUT2D eigenvalue weighted by atomic mass is 10.0. The first kappa shape index (κ1) is 14.5. The summed E-state index contributed by atoms with van der Waals surface area (Å²) in [5.41, 5.74) is 2.41. The summed E-state index contributed by atoms with van der Waals surface area (Å²) in [5.74, 6) is 0.479. The smallest absolute Gasteiger partial charge is 0.131 e. The van der Waals surface area contributed by atoms with Crippen LogP contribution in [0.3, 0.4) is 0 Å². The highest BCUT2D eigenvalue weighted by atomic mass is 19.1. The molecule has 0 fully saturated rings. The maximum atomic E-state index is 14.1. The monoisotopic (exact) mass is 273 g/mol. The molecule has 0 amide bonds. The minimum atomic E-state index is -0.232. The molecule has 0 bridgehead atoms. The molecule has 0 radical (unpaired) electrons. The van der Waals surface area contributed by atoms with E-state index in [9.17, 15) is 4.39 Å². The van der Waals surface area contributed by atoms with Gasteiger partial charge in [-0.2, -0.15) is 0 Å². The Morgan fingerprint density at radius 2 is 1.85 bits per heavy atom. The summed E-state index contributed by atoms with van der Waals surface area (Å²) >= 11 is 0. The number of ether oxygens (including phenoxy) is 1. The van der Waals surface area contributed by atoms with Crippen molar-refractivity contribution in [1.29, 1.82) is 0 Å². The predicted octanol–water partition coefficient (Wildman–Crippen LogP) is 4.00. The lowest BCUT2D eigenvalue weighted by molar-refractivity contribution is 0.243. The van der Waals surface area contributed by atoms with Crippen LogP contribution >= 0.6 is 0 Å². The van der Waals surface area contributed by atoms with Crippen LogP contribution < -0.4 is 10.1 Å². The molecule has 0 saturated carbocycles. The van der Waals surface area contributed by atoms with Crippen LogP contribution in [0.1, 0.15) is 19.4 Å². The molecule has 0 aliphatic heterocycles. The second-order valence-corrected chi connectivity index (χ2v) is 5.01. The number of benzene rings is 2. The quantitative estimate of drug-likeness (QED) is 0.889. The van der Waals surface area contributed by atoms with Gasteiger partial charge >= 0.3 is 0 Å². The van der Waals surface area contributed by atoms with E-state index in [0.717, 1.165) is 11.1 Å². The first-order chi connectivity index (χ1) is 9.61. The summed E-state index contributed by atoms with van der Waals surface area (Å²) in [5, 5.41) is 3.08. The van der Waals surface area contributed by atoms with Gasteiger partial charge in [0.15, 0.2) is 0 Å². The predicted molar refractivity (Wildman–Crippen MR) is 80.4 cm³/mol. The van der Waals surface area contributed by atoms with Gasteiger partial charge in [-0.15, -0.1) is 0 Å². The highest BCUT2D eigenvalue weighted by Crippen LogP contribution is 2.32. The van der Waals surface area contributed by atoms with Gasteiger partial charge < -0.3 is 10.1 Å². The van der Waals surface area contributed by atoms with Crippen molar-refractivity contribution in [2.45, 2.75) is 26.5 Å². The van der Waals surface area contributed by atoms with Crippen LogP contribution in [0.5, 0.6) is 5.75 Å². The zero-order valence-electron chi connectivity index (χ0n) is 12.1. The highest BCUT2D eigenvalue weighted by molar-refractivity contribution is 5.71. The van der Waals surface area contributed by atoms with Crippen LogP contribution in [-0.2, 0) is 6.54 Å². The van der Waals surface area contributed by atoms with Gasteiger partial charge in [-0.1, -0.05) is 24.3 Å². The van der Waals surface area contributed by atoms with Crippen molar-refractivity contribution in [2.24, 2.45) is 0 Å². The van der Waals surface area contributed by atoms with E-state index in [0.29, 0.717) is 17.9 Å². The summed E-state index contributed by atoms with van der Waals surface area (Å²) in [6.07, 6.45) is 0.0553. The number of hydrogen-bond donors (Lipinski definition) is 1. The maximum Gasteiger partial charge on any atom is 0.131 e. The van der Waals surface area contributed by atoms with E-state index in [-0.39, 0.29) is 11.9 Å². The lowest BCUT2D eigenvalue weighted by Crippen LogP contribution is -2.07. The molecule has 2 nitrogen and oxygen atoms in total. The fourth-order valence-electron chi connectivity index (χ4n) is 2.14. The third-order valence-electron chi connectivity index (χ3n) is 2.95. The molecule has 0 saturated heterocycles. The summed E-state index contributed by atoms with van der Waals surface area (Å²) < 4.78 is 19.9. The van der Waals surface area contributed by atoms with Gasteiger partial charge in [-0.25, -0.2) is 4.39 Å². The third kappa shape index (κ3) is 3.36. The van der Waals surface area contributed by atoms with E-state index in [1.807, 2.05) is 51.2 Å². The molecule has 0 spiro atoms. The number of hydrogen-bond acceptors (Lipinski definition) is 2. The Morgan fingerprint density at radius 1 is 1.10 bits per heavy atom. The molecule has 106 valence electrons. The minimum Gasteiger partial charge on any atom is -0.490 e. The maximum absolute atomic E-state index is 14.1. The Labute approximate surface area is 119 Å². The van der Waals surface area contributed by atoms with Crippen molar-refractivity contribution >= 4 is 0 Å². The number of nitrogens with one attached hydrogen (secondary N) is 1. The van der Waals surface area contributed by atoms with E-state index in [4.69, 9.17) is 4.74 Å². The van der Waals surface area contributed by atoms with Crippen molar-refractivity contribution in [3.8, 4) is 16.9 Å². The molecule has 1 N–H and O–H groups in total. The van der Waals surface area contributed by atoms with Gasteiger partial charge in [-0.3, -0.25) is 0 Å². The number of rotatable bonds is 5. The number of halogens is 1. The summed E-state index contributed by atoms with van der Waals surface area (Å²) in [4.78, 5) is 0. The molecular formula is C17H20FNO. The minimum absolute atomic E-state index is 0.0553. The molecule has 2 aromatic rings. The van der Waals surface area contributed by atoms with Crippen LogP contribution in [-0.4, -0.2) is 13.2 Å². The fraction of sp³-hybridized carbons (Fsp3) is 0.294. The summed E-state index contributed by atoms with van der Waals surface area (Å²) in [7, 11) is 1.87. The Bertz CT molecular complexity index is 581. The SMILES string of the molecule is CNCc1ccc(F)c(-c2ccccc2OC(C)C)c1. The van der Waals surface area contributed by atoms with Gasteiger partial charge in [0, 0.05) is 17.7 Å². The van der Waals surface area contributed by atoms with E-state index in [1.54, 1.807) is 6.07 Å². The van der Waals surface area contributed by atoms with Crippen LogP contribution in [0.4, 0.5) is 4.39 Å². The van der Waals surface area contributed by atoms with Crippen LogP contribution in [0.15, 0.2) is 42.5 Å². The van der Waals surface area contributed by atoms with E-state index in [2.05, 4.69) is 5.32 Å². The first-order valence-electron chi connectivity index (χ1n) is 6.81. The molecule has 2 rings (SSSR count).